The summed E-state index contributed by atoms with van der Waals surface area (Å²) < 4.78 is 48.7. The highest BCUT2D eigenvalue weighted by molar-refractivity contribution is 6.11. The maximum Gasteiger partial charge on any atom is 0.416 e. The fourth-order valence-corrected chi connectivity index (χ4v) is 8.02. The predicted molar refractivity (Wildman–Crippen MR) is 239 cm³/mol. The second-order valence-corrected chi connectivity index (χ2v) is 15.2. The standard InChI is InChI=1S/C53H36F3N5/c1-33-23-25-40-41-26-24-34(2)28-49(41)61(48(40)27-33)50-42(51-57-44(35-15-7-3-8-16-35)31-45(58-51)36-17-9-4-10-18-36)29-39(53(54,55)56)30-43(50)52-59-46(37-19-11-5-12-20-37)32-47(60-52)38-21-13-6-14-22-38/h3-32H,1-2H3. The molecule has 10 rings (SSSR count). The lowest BCUT2D eigenvalue weighted by Gasteiger charge is -2.21. The number of aromatic nitrogens is 5. The van der Waals surface area contributed by atoms with Gasteiger partial charge in [0.2, 0.25) is 0 Å². The smallest absolute Gasteiger partial charge is 0.308 e. The van der Waals surface area contributed by atoms with E-state index >= 15 is 13.2 Å². The van der Waals surface area contributed by atoms with Crippen molar-refractivity contribution in [2.45, 2.75) is 20.0 Å². The minimum absolute atomic E-state index is 0.125. The fourth-order valence-electron chi connectivity index (χ4n) is 8.02. The first-order valence-electron chi connectivity index (χ1n) is 20.0. The van der Waals surface area contributed by atoms with Gasteiger partial charge in [-0.2, -0.15) is 13.2 Å². The molecule has 0 saturated carbocycles. The minimum Gasteiger partial charge on any atom is -0.308 e. The number of rotatable bonds is 7. The highest BCUT2D eigenvalue weighted by atomic mass is 19.4. The van der Waals surface area contributed by atoms with Crippen LogP contribution in [0.3, 0.4) is 0 Å². The van der Waals surface area contributed by atoms with Crippen molar-refractivity contribution >= 4 is 21.8 Å². The summed E-state index contributed by atoms with van der Waals surface area (Å²) in [5.74, 6) is 0.251. The van der Waals surface area contributed by atoms with Gasteiger partial charge in [-0.1, -0.05) is 146 Å². The Morgan fingerprint density at radius 3 is 1.03 bits per heavy atom. The average molecular weight is 800 g/mol. The third-order valence-corrected chi connectivity index (χ3v) is 11.0. The number of hydrogen-bond donors (Lipinski definition) is 0. The summed E-state index contributed by atoms with van der Waals surface area (Å²) in [4.78, 5) is 20.5. The molecule has 61 heavy (non-hydrogen) atoms. The lowest BCUT2D eigenvalue weighted by atomic mass is 9.98. The number of alkyl halides is 3. The molecule has 294 valence electrons. The van der Waals surface area contributed by atoms with Crippen LogP contribution in [0, 0.1) is 13.8 Å². The molecule has 0 spiro atoms. The van der Waals surface area contributed by atoms with E-state index in [9.17, 15) is 0 Å². The summed E-state index contributed by atoms with van der Waals surface area (Å²) in [5, 5.41) is 1.90. The van der Waals surface area contributed by atoms with Crippen LogP contribution < -0.4 is 0 Å². The van der Waals surface area contributed by atoms with E-state index in [1.54, 1.807) is 0 Å². The number of hydrogen-bond acceptors (Lipinski definition) is 4. The molecular weight excluding hydrogens is 764 g/mol. The van der Waals surface area contributed by atoms with E-state index in [1.165, 1.54) is 12.1 Å². The van der Waals surface area contributed by atoms with E-state index in [0.717, 1.165) is 55.2 Å². The fraction of sp³-hybridized carbons (Fsp3) is 0.0566. The van der Waals surface area contributed by atoms with Gasteiger partial charge in [0.15, 0.2) is 11.6 Å². The third kappa shape index (κ3) is 7.12. The first-order valence-corrected chi connectivity index (χ1v) is 20.0. The van der Waals surface area contributed by atoms with Crippen molar-refractivity contribution in [3.63, 3.8) is 0 Å². The first-order chi connectivity index (χ1) is 29.7. The summed E-state index contributed by atoms with van der Waals surface area (Å²) >= 11 is 0. The molecule has 3 aromatic heterocycles. The van der Waals surface area contributed by atoms with Crippen molar-refractivity contribution in [3.05, 3.63) is 199 Å². The van der Waals surface area contributed by atoms with Crippen LogP contribution in [0.25, 0.3) is 95.3 Å². The molecule has 0 N–H and O–H groups in total. The number of benzene rings is 7. The van der Waals surface area contributed by atoms with E-state index < -0.39 is 11.7 Å². The molecule has 0 amide bonds. The van der Waals surface area contributed by atoms with Crippen molar-refractivity contribution in [2.24, 2.45) is 0 Å². The normalized spacial score (nSPS) is 11.7. The number of aryl methyl sites for hydroxylation is 2. The van der Waals surface area contributed by atoms with E-state index in [4.69, 9.17) is 19.9 Å². The SMILES string of the molecule is Cc1ccc2c3ccc(C)cc3n(-c3c(-c4nc(-c5ccccc5)cc(-c5ccccc5)n4)cc(C(F)(F)F)cc3-c3nc(-c4ccccc4)cc(-c4ccccc4)n3)c2c1. The Kier molecular flexibility index (Phi) is 9.33. The Labute approximate surface area is 350 Å². The molecule has 0 aliphatic heterocycles. The molecule has 0 fully saturated rings. The lowest BCUT2D eigenvalue weighted by molar-refractivity contribution is -0.137. The van der Waals surface area contributed by atoms with E-state index in [-0.39, 0.29) is 22.8 Å². The van der Waals surface area contributed by atoms with Gasteiger partial charge in [-0.25, -0.2) is 19.9 Å². The number of halogens is 3. The second kappa shape index (κ2) is 15.1. The molecule has 7 aromatic carbocycles. The van der Waals surface area contributed by atoms with Gasteiger partial charge in [0.25, 0.3) is 0 Å². The third-order valence-electron chi connectivity index (χ3n) is 11.0. The van der Waals surface area contributed by atoms with Crippen molar-refractivity contribution in [3.8, 4) is 73.5 Å². The molecule has 0 unspecified atom stereocenters. The average Bonchev–Trinajstić information content (AvgIpc) is 3.60. The van der Waals surface area contributed by atoms with Gasteiger partial charge < -0.3 is 4.57 Å². The number of nitrogens with zero attached hydrogens (tertiary/aromatic N) is 5. The van der Waals surface area contributed by atoms with E-state index in [0.29, 0.717) is 28.5 Å². The predicted octanol–water partition coefficient (Wildman–Crippen LogP) is 14.0. The molecule has 0 aliphatic rings. The number of fused-ring (bicyclic) bond motifs is 3. The van der Waals surface area contributed by atoms with Gasteiger partial charge in [-0.15, -0.1) is 0 Å². The molecule has 8 heteroatoms. The Hall–Kier alpha value is -7.71. The van der Waals surface area contributed by atoms with Crippen molar-refractivity contribution < 1.29 is 13.2 Å². The van der Waals surface area contributed by atoms with Gasteiger partial charge in [-0.05, 0) is 61.4 Å². The Morgan fingerprint density at radius 2 is 0.721 bits per heavy atom. The maximum atomic E-state index is 15.6. The van der Waals surface area contributed by atoms with Crippen LogP contribution in [-0.4, -0.2) is 24.5 Å². The van der Waals surface area contributed by atoms with Crippen LogP contribution >= 0.6 is 0 Å². The summed E-state index contributed by atoms with van der Waals surface area (Å²) in [7, 11) is 0. The van der Waals surface area contributed by atoms with E-state index in [2.05, 4.69) is 41.0 Å². The highest BCUT2D eigenvalue weighted by Crippen LogP contribution is 2.45. The van der Waals surface area contributed by atoms with Crippen LogP contribution in [0.2, 0.25) is 0 Å². The molecule has 0 bridgehead atoms. The lowest BCUT2D eigenvalue weighted by Crippen LogP contribution is -2.11. The first kappa shape index (κ1) is 37.6. The summed E-state index contributed by atoms with van der Waals surface area (Å²) in [5.41, 5.74) is 8.97. The Bertz CT molecular complexity index is 2910. The summed E-state index contributed by atoms with van der Waals surface area (Å²) in [6.45, 7) is 4.02. The van der Waals surface area contributed by atoms with Crippen LogP contribution in [0.5, 0.6) is 0 Å². The van der Waals surface area contributed by atoms with Crippen molar-refractivity contribution in [1.29, 1.82) is 0 Å². The minimum atomic E-state index is -4.76. The molecule has 5 nitrogen and oxygen atoms in total. The molecule has 0 aliphatic carbocycles. The monoisotopic (exact) mass is 799 g/mol. The summed E-state index contributed by atoms with van der Waals surface area (Å²) in [6, 6.07) is 57.0. The van der Waals surface area contributed by atoms with Gasteiger partial charge >= 0.3 is 6.18 Å². The largest absolute Gasteiger partial charge is 0.416 e. The summed E-state index contributed by atoms with van der Waals surface area (Å²) in [6.07, 6.45) is -4.76. The van der Waals surface area contributed by atoms with Gasteiger partial charge in [0.05, 0.1) is 45.1 Å². The Morgan fingerprint density at radius 1 is 0.393 bits per heavy atom. The zero-order valence-corrected chi connectivity index (χ0v) is 33.2. The zero-order chi connectivity index (χ0) is 41.7. The molecular formula is C53H36F3N5. The van der Waals surface area contributed by atoms with Gasteiger partial charge in [0, 0.05) is 44.2 Å². The topological polar surface area (TPSA) is 56.5 Å². The second-order valence-electron chi connectivity index (χ2n) is 15.2. The van der Waals surface area contributed by atoms with Crippen LogP contribution in [0.4, 0.5) is 13.2 Å². The highest BCUT2D eigenvalue weighted by Gasteiger charge is 2.35. The zero-order valence-electron chi connectivity index (χ0n) is 33.2. The van der Waals surface area contributed by atoms with E-state index in [1.807, 2.05) is 147 Å². The molecule has 0 radical (unpaired) electrons. The van der Waals surface area contributed by atoms with Crippen LogP contribution in [0.1, 0.15) is 16.7 Å². The maximum absolute atomic E-state index is 15.6. The molecule has 10 aromatic rings. The van der Waals surface area contributed by atoms with Crippen molar-refractivity contribution in [1.82, 2.24) is 24.5 Å². The molecule has 0 atom stereocenters. The van der Waals surface area contributed by atoms with Gasteiger partial charge in [-0.3, -0.25) is 0 Å². The van der Waals surface area contributed by atoms with Crippen molar-refractivity contribution in [2.75, 3.05) is 0 Å². The van der Waals surface area contributed by atoms with Crippen LogP contribution in [-0.2, 0) is 6.18 Å². The van der Waals surface area contributed by atoms with Crippen LogP contribution in [0.15, 0.2) is 182 Å². The molecule has 0 saturated heterocycles. The Balaban J connectivity index is 1.40. The molecule has 3 heterocycles. The quantitative estimate of drug-likeness (QED) is 0.161. The van der Waals surface area contributed by atoms with Gasteiger partial charge in [0.1, 0.15) is 0 Å².